The Labute approximate surface area is 198 Å². The maximum absolute atomic E-state index is 13.8. The molecule has 8 nitrogen and oxygen atoms in total. The first kappa shape index (κ1) is 25.9. The summed E-state index contributed by atoms with van der Waals surface area (Å²) in [4.78, 5) is 42.2. The summed E-state index contributed by atoms with van der Waals surface area (Å²) in [5, 5.41) is 15.1. The lowest BCUT2D eigenvalue weighted by molar-refractivity contribution is -0.146. The Morgan fingerprint density at radius 2 is 1.88 bits per heavy atom. The number of rotatable bonds is 13. The van der Waals surface area contributed by atoms with Gasteiger partial charge in [-0.25, -0.2) is 0 Å². The van der Waals surface area contributed by atoms with Gasteiger partial charge in [0.2, 0.25) is 17.7 Å². The highest BCUT2D eigenvalue weighted by Crippen LogP contribution is 2.63. The molecule has 0 aromatic carbocycles. The molecule has 0 aliphatic carbocycles. The van der Waals surface area contributed by atoms with Gasteiger partial charge in [0.25, 0.3) is 0 Å². The first-order valence-corrected chi connectivity index (χ1v) is 12.9. The first-order valence-electron chi connectivity index (χ1n) is 12.9. The van der Waals surface area contributed by atoms with E-state index in [1.165, 1.54) is 0 Å². The number of carbonyl (C=O) groups is 3. The number of ether oxygens (including phenoxy) is 1. The standard InChI is InChI=1S/C25H43N3O5/c1-5-11-17(3)27-22(31)20-25-13-12-24(4,33-25)18(21(30)26-14-6-2)19(25)23(32)28(20)15-9-7-8-10-16-29/h17-20,29H,5-16H2,1-4H3,(H,26,30)(H,27,31)/t17?,18-,19-,20?,24+,25?/m0/s1. The molecule has 8 heteroatoms. The van der Waals surface area contributed by atoms with Gasteiger partial charge in [0.05, 0.1) is 17.4 Å². The lowest BCUT2D eigenvalue weighted by Crippen LogP contribution is -2.56. The third kappa shape index (κ3) is 4.78. The number of amides is 3. The van der Waals surface area contributed by atoms with E-state index in [2.05, 4.69) is 17.6 Å². The van der Waals surface area contributed by atoms with E-state index in [0.29, 0.717) is 25.9 Å². The molecule has 2 bridgehead atoms. The Bertz CT molecular complexity index is 731. The minimum absolute atomic E-state index is 0.0114. The molecule has 188 valence electrons. The predicted octanol–water partition coefficient (Wildman–Crippen LogP) is 2.13. The zero-order valence-electron chi connectivity index (χ0n) is 20.8. The molecule has 0 radical (unpaired) electrons. The van der Waals surface area contributed by atoms with Crippen molar-refractivity contribution in [1.82, 2.24) is 15.5 Å². The van der Waals surface area contributed by atoms with E-state index in [4.69, 9.17) is 9.84 Å². The Balaban J connectivity index is 1.88. The zero-order valence-corrected chi connectivity index (χ0v) is 20.8. The van der Waals surface area contributed by atoms with Crippen LogP contribution in [0.15, 0.2) is 0 Å². The van der Waals surface area contributed by atoms with Crippen LogP contribution >= 0.6 is 0 Å². The summed E-state index contributed by atoms with van der Waals surface area (Å²) in [6.45, 7) is 9.18. The molecular formula is C25H43N3O5. The van der Waals surface area contributed by atoms with Crippen LogP contribution in [0, 0.1) is 11.8 Å². The van der Waals surface area contributed by atoms with E-state index in [9.17, 15) is 14.4 Å². The van der Waals surface area contributed by atoms with Crippen LogP contribution in [0.25, 0.3) is 0 Å². The van der Waals surface area contributed by atoms with Crippen molar-refractivity contribution in [1.29, 1.82) is 0 Å². The van der Waals surface area contributed by atoms with Gasteiger partial charge in [-0.15, -0.1) is 0 Å². The molecule has 3 N–H and O–H groups in total. The molecule has 3 aliphatic rings. The summed E-state index contributed by atoms with van der Waals surface area (Å²) in [6, 6.07) is -0.699. The highest BCUT2D eigenvalue weighted by atomic mass is 16.5. The fraction of sp³-hybridized carbons (Fsp3) is 0.880. The molecule has 3 fully saturated rings. The number of unbranched alkanes of at least 4 members (excludes halogenated alkanes) is 3. The summed E-state index contributed by atoms with van der Waals surface area (Å²) in [5.74, 6) is -1.63. The van der Waals surface area contributed by atoms with Gasteiger partial charge < -0.3 is 25.4 Å². The molecule has 33 heavy (non-hydrogen) atoms. The van der Waals surface area contributed by atoms with Crippen LogP contribution < -0.4 is 10.6 Å². The molecule has 3 heterocycles. The Kier molecular flexibility index (Phi) is 8.43. The van der Waals surface area contributed by atoms with Gasteiger partial charge in [0.15, 0.2) is 0 Å². The number of nitrogens with zero attached hydrogens (tertiary/aromatic N) is 1. The van der Waals surface area contributed by atoms with Crippen molar-refractivity contribution < 1.29 is 24.2 Å². The second-order valence-electron chi connectivity index (χ2n) is 10.4. The number of carbonyl (C=O) groups excluding carboxylic acids is 3. The lowest BCUT2D eigenvalue weighted by Gasteiger charge is -2.34. The van der Waals surface area contributed by atoms with Crippen LogP contribution in [0.3, 0.4) is 0 Å². The molecule has 3 amide bonds. The molecule has 3 rings (SSSR count). The number of nitrogens with one attached hydrogen (secondary N) is 2. The molecule has 3 aliphatic heterocycles. The predicted molar refractivity (Wildman–Crippen MR) is 125 cm³/mol. The first-order chi connectivity index (χ1) is 15.8. The molecule has 3 saturated heterocycles. The fourth-order valence-corrected chi connectivity index (χ4v) is 6.30. The molecule has 0 saturated carbocycles. The number of hydrogen-bond acceptors (Lipinski definition) is 5. The molecule has 6 atom stereocenters. The van der Waals surface area contributed by atoms with Crippen LogP contribution in [0.2, 0.25) is 0 Å². The monoisotopic (exact) mass is 465 g/mol. The molecule has 3 unspecified atom stereocenters. The van der Waals surface area contributed by atoms with E-state index in [-0.39, 0.29) is 30.4 Å². The number of likely N-dealkylation sites (tertiary alicyclic amines) is 1. The molecule has 0 aromatic heterocycles. The van der Waals surface area contributed by atoms with Crippen molar-refractivity contribution in [3.63, 3.8) is 0 Å². The van der Waals surface area contributed by atoms with Gasteiger partial charge in [-0.1, -0.05) is 33.1 Å². The quantitative estimate of drug-likeness (QED) is 0.361. The van der Waals surface area contributed by atoms with Crippen LogP contribution in [-0.2, 0) is 19.1 Å². The van der Waals surface area contributed by atoms with Gasteiger partial charge in [-0.2, -0.15) is 0 Å². The van der Waals surface area contributed by atoms with Crippen LogP contribution in [0.4, 0.5) is 0 Å². The van der Waals surface area contributed by atoms with Gasteiger partial charge in [0, 0.05) is 25.7 Å². The minimum atomic E-state index is -0.943. The maximum atomic E-state index is 13.8. The number of aliphatic hydroxyl groups is 1. The van der Waals surface area contributed by atoms with Crippen molar-refractivity contribution in [2.75, 3.05) is 19.7 Å². The van der Waals surface area contributed by atoms with Gasteiger partial charge in [-0.05, 0) is 52.4 Å². The molecular weight excluding hydrogens is 422 g/mol. The maximum Gasteiger partial charge on any atom is 0.246 e. The summed E-state index contributed by atoms with van der Waals surface area (Å²) >= 11 is 0. The molecule has 1 spiro atoms. The summed E-state index contributed by atoms with van der Waals surface area (Å²) < 4.78 is 6.59. The average Bonchev–Trinajstić information content (AvgIpc) is 3.33. The normalized spacial score (nSPS) is 33.3. The lowest BCUT2D eigenvalue weighted by atomic mass is 9.66. The van der Waals surface area contributed by atoms with Crippen molar-refractivity contribution in [2.45, 2.75) is 109 Å². The van der Waals surface area contributed by atoms with E-state index in [0.717, 1.165) is 44.9 Å². The summed E-state index contributed by atoms with van der Waals surface area (Å²) in [6.07, 6.45) is 7.17. The van der Waals surface area contributed by atoms with Crippen molar-refractivity contribution in [2.24, 2.45) is 11.8 Å². The number of aliphatic hydroxyl groups excluding tert-OH is 1. The largest absolute Gasteiger partial charge is 0.396 e. The summed E-state index contributed by atoms with van der Waals surface area (Å²) in [5.41, 5.74) is -1.67. The van der Waals surface area contributed by atoms with Crippen molar-refractivity contribution in [3.8, 4) is 0 Å². The Hall–Kier alpha value is -1.67. The van der Waals surface area contributed by atoms with Crippen LogP contribution in [-0.4, -0.2) is 70.7 Å². The van der Waals surface area contributed by atoms with E-state index < -0.39 is 29.1 Å². The number of hydrogen-bond donors (Lipinski definition) is 3. The second-order valence-corrected chi connectivity index (χ2v) is 10.4. The molecule has 0 aromatic rings. The average molecular weight is 466 g/mol. The highest BCUT2D eigenvalue weighted by molar-refractivity contribution is 5.99. The fourth-order valence-electron chi connectivity index (χ4n) is 6.30. The van der Waals surface area contributed by atoms with Gasteiger partial charge in [-0.3, -0.25) is 14.4 Å². The van der Waals surface area contributed by atoms with Crippen LogP contribution in [0.1, 0.15) is 85.5 Å². The summed E-state index contributed by atoms with van der Waals surface area (Å²) in [7, 11) is 0. The van der Waals surface area contributed by atoms with E-state index in [1.54, 1.807) is 4.90 Å². The third-order valence-electron chi connectivity index (χ3n) is 7.77. The minimum Gasteiger partial charge on any atom is -0.396 e. The SMILES string of the molecule is CCCNC(=O)[C@@H]1[C@H]2C(=O)N(CCCCCCO)C(C(=O)NC(C)CCC)C23CC[C@@]1(C)O3. The van der Waals surface area contributed by atoms with Crippen LogP contribution in [0.5, 0.6) is 0 Å². The van der Waals surface area contributed by atoms with Gasteiger partial charge >= 0.3 is 0 Å². The van der Waals surface area contributed by atoms with Crippen molar-refractivity contribution in [3.05, 3.63) is 0 Å². The topological polar surface area (TPSA) is 108 Å². The number of fused-ring (bicyclic) bond motifs is 1. The van der Waals surface area contributed by atoms with E-state index >= 15 is 0 Å². The highest BCUT2D eigenvalue weighted by Gasteiger charge is 2.77. The van der Waals surface area contributed by atoms with Gasteiger partial charge in [0.1, 0.15) is 11.6 Å². The third-order valence-corrected chi connectivity index (χ3v) is 7.77. The van der Waals surface area contributed by atoms with E-state index in [1.807, 2.05) is 20.8 Å². The second kappa shape index (κ2) is 10.7. The zero-order chi connectivity index (χ0) is 24.2. The van der Waals surface area contributed by atoms with Crippen molar-refractivity contribution >= 4 is 17.7 Å². The smallest absolute Gasteiger partial charge is 0.246 e. The Morgan fingerprint density at radius 1 is 1.15 bits per heavy atom. The Morgan fingerprint density at radius 3 is 2.55 bits per heavy atom.